The van der Waals surface area contributed by atoms with Gasteiger partial charge in [0.2, 0.25) is 5.91 Å². The summed E-state index contributed by atoms with van der Waals surface area (Å²) in [7, 11) is 0. The summed E-state index contributed by atoms with van der Waals surface area (Å²) >= 11 is 0. The van der Waals surface area contributed by atoms with Crippen LogP contribution in [0.15, 0.2) is 18.2 Å². The number of amides is 1. The third-order valence-corrected chi connectivity index (χ3v) is 4.50. The van der Waals surface area contributed by atoms with Crippen molar-refractivity contribution in [3.05, 3.63) is 29.3 Å². The van der Waals surface area contributed by atoms with E-state index in [1.54, 1.807) is 0 Å². The highest BCUT2D eigenvalue weighted by Gasteiger charge is 2.27. The molecule has 3 N–H and O–H groups in total. The average molecular weight is 273 g/mol. The second kappa shape index (κ2) is 5.54. The number of hydrogen-bond donors (Lipinski definition) is 2. The van der Waals surface area contributed by atoms with Gasteiger partial charge >= 0.3 is 0 Å². The zero-order valence-electron chi connectivity index (χ0n) is 12.1. The smallest absolute Gasteiger partial charge is 0.238 e. The molecule has 1 heterocycles. The van der Waals surface area contributed by atoms with Crippen LogP contribution < -0.4 is 11.1 Å². The molecule has 0 bridgehead atoms. The fourth-order valence-electron chi connectivity index (χ4n) is 3.28. The van der Waals surface area contributed by atoms with Gasteiger partial charge in [0, 0.05) is 24.8 Å². The first-order valence-electron chi connectivity index (χ1n) is 7.51. The Hall–Kier alpha value is -1.39. The molecule has 1 aliphatic carbocycles. The molecule has 0 spiro atoms. The van der Waals surface area contributed by atoms with Crippen LogP contribution in [0.4, 0.5) is 5.69 Å². The number of nitrogens with one attached hydrogen (secondary N) is 1. The lowest BCUT2D eigenvalue weighted by atomic mass is 10.1. The topological polar surface area (TPSA) is 58.4 Å². The fraction of sp³-hybridized carbons (Fsp3) is 0.562. The third-order valence-electron chi connectivity index (χ3n) is 4.50. The maximum absolute atomic E-state index is 12.1. The van der Waals surface area contributed by atoms with E-state index in [1.165, 1.54) is 24.0 Å². The number of carbonyl (C=O) groups excluding carboxylic acids is 1. The molecule has 1 aromatic carbocycles. The van der Waals surface area contributed by atoms with Gasteiger partial charge < -0.3 is 11.1 Å². The number of nitrogens with zero attached hydrogens (tertiary/aromatic N) is 1. The zero-order chi connectivity index (χ0) is 14.1. The maximum atomic E-state index is 12.1. The first-order valence-corrected chi connectivity index (χ1v) is 7.51. The minimum atomic E-state index is 0.0595. The van der Waals surface area contributed by atoms with Gasteiger partial charge in [-0.25, -0.2) is 0 Å². The average Bonchev–Trinajstić information content (AvgIpc) is 2.96. The SMILES string of the molecule is CC1CN(CC(=O)Nc2ccc3c(c2)CCC3)CC1N. The molecule has 4 heteroatoms. The van der Waals surface area contributed by atoms with Gasteiger partial charge in [-0.15, -0.1) is 0 Å². The van der Waals surface area contributed by atoms with Crippen molar-refractivity contribution in [1.82, 2.24) is 4.90 Å². The van der Waals surface area contributed by atoms with Crippen molar-refractivity contribution >= 4 is 11.6 Å². The van der Waals surface area contributed by atoms with Crippen molar-refractivity contribution in [2.24, 2.45) is 11.7 Å². The molecule has 20 heavy (non-hydrogen) atoms. The van der Waals surface area contributed by atoms with Crippen LogP contribution in [0.1, 0.15) is 24.5 Å². The lowest BCUT2D eigenvalue weighted by molar-refractivity contribution is -0.117. The summed E-state index contributed by atoms with van der Waals surface area (Å²) in [6, 6.07) is 6.48. The van der Waals surface area contributed by atoms with E-state index >= 15 is 0 Å². The summed E-state index contributed by atoms with van der Waals surface area (Å²) in [5.41, 5.74) is 9.73. The number of anilines is 1. The van der Waals surface area contributed by atoms with Crippen LogP contribution in [0.5, 0.6) is 0 Å². The van der Waals surface area contributed by atoms with Crippen LogP contribution >= 0.6 is 0 Å². The molecule has 1 amide bonds. The maximum Gasteiger partial charge on any atom is 0.238 e. The molecule has 1 fully saturated rings. The summed E-state index contributed by atoms with van der Waals surface area (Å²) in [5.74, 6) is 0.534. The van der Waals surface area contributed by atoms with Crippen LogP contribution in [0.2, 0.25) is 0 Å². The zero-order valence-corrected chi connectivity index (χ0v) is 12.1. The van der Waals surface area contributed by atoms with E-state index in [2.05, 4.69) is 29.3 Å². The minimum Gasteiger partial charge on any atom is -0.326 e. The first-order chi connectivity index (χ1) is 9.61. The monoisotopic (exact) mass is 273 g/mol. The van der Waals surface area contributed by atoms with E-state index in [9.17, 15) is 4.79 Å². The number of rotatable bonds is 3. The van der Waals surface area contributed by atoms with E-state index in [4.69, 9.17) is 5.73 Å². The second-order valence-electron chi connectivity index (χ2n) is 6.22. The quantitative estimate of drug-likeness (QED) is 0.875. The lowest BCUT2D eigenvalue weighted by Crippen LogP contribution is -2.33. The van der Waals surface area contributed by atoms with Crippen molar-refractivity contribution in [3.8, 4) is 0 Å². The molecular formula is C16H23N3O. The summed E-state index contributed by atoms with van der Waals surface area (Å²) in [4.78, 5) is 14.2. The standard InChI is InChI=1S/C16H23N3O/c1-11-8-19(9-15(11)17)10-16(20)18-14-6-5-12-3-2-4-13(12)7-14/h5-7,11,15H,2-4,8-10,17H2,1H3,(H,18,20). The molecule has 1 aromatic rings. The van der Waals surface area contributed by atoms with Crippen molar-refractivity contribution in [1.29, 1.82) is 0 Å². The molecule has 0 aromatic heterocycles. The highest BCUT2D eigenvalue weighted by Crippen LogP contribution is 2.25. The molecule has 0 saturated carbocycles. The number of carbonyl (C=O) groups is 1. The summed E-state index contributed by atoms with van der Waals surface area (Å²) in [6.07, 6.45) is 3.54. The molecule has 1 aliphatic heterocycles. The fourth-order valence-corrected chi connectivity index (χ4v) is 3.28. The molecule has 0 radical (unpaired) electrons. The molecular weight excluding hydrogens is 250 g/mol. The molecule has 2 atom stereocenters. The summed E-state index contributed by atoms with van der Waals surface area (Å²) < 4.78 is 0. The van der Waals surface area contributed by atoms with Crippen molar-refractivity contribution in [3.63, 3.8) is 0 Å². The van der Waals surface area contributed by atoms with Crippen LogP contribution in [0.25, 0.3) is 0 Å². The molecule has 3 rings (SSSR count). The van der Waals surface area contributed by atoms with Crippen LogP contribution in [-0.2, 0) is 17.6 Å². The number of hydrogen-bond acceptors (Lipinski definition) is 3. The summed E-state index contributed by atoms with van der Waals surface area (Å²) in [5, 5.41) is 3.01. The number of benzene rings is 1. The highest BCUT2D eigenvalue weighted by molar-refractivity contribution is 5.92. The largest absolute Gasteiger partial charge is 0.326 e. The van der Waals surface area contributed by atoms with Gasteiger partial charge in [0.25, 0.3) is 0 Å². The Morgan fingerprint density at radius 3 is 2.90 bits per heavy atom. The van der Waals surface area contributed by atoms with Crippen LogP contribution in [0, 0.1) is 5.92 Å². The van der Waals surface area contributed by atoms with E-state index in [0.717, 1.165) is 25.2 Å². The molecule has 4 nitrogen and oxygen atoms in total. The number of aryl methyl sites for hydroxylation is 2. The Kier molecular flexibility index (Phi) is 3.76. The van der Waals surface area contributed by atoms with Gasteiger partial charge in [-0.3, -0.25) is 9.69 Å². The lowest BCUT2D eigenvalue weighted by Gasteiger charge is -2.15. The van der Waals surface area contributed by atoms with E-state index in [-0.39, 0.29) is 11.9 Å². The van der Waals surface area contributed by atoms with Gasteiger partial charge in [-0.05, 0) is 48.4 Å². The van der Waals surface area contributed by atoms with Crippen LogP contribution in [-0.4, -0.2) is 36.5 Å². The predicted octanol–water partition coefficient (Wildman–Crippen LogP) is 1.39. The molecule has 2 unspecified atom stereocenters. The molecule has 2 aliphatic rings. The van der Waals surface area contributed by atoms with E-state index < -0.39 is 0 Å². The minimum absolute atomic E-state index is 0.0595. The van der Waals surface area contributed by atoms with Gasteiger partial charge in [0.15, 0.2) is 0 Å². The van der Waals surface area contributed by atoms with Crippen molar-refractivity contribution in [2.75, 3.05) is 25.0 Å². The Morgan fingerprint density at radius 1 is 1.35 bits per heavy atom. The Bertz CT molecular complexity index is 504. The van der Waals surface area contributed by atoms with Gasteiger partial charge in [-0.2, -0.15) is 0 Å². The summed E-state index contributed by atoms with van der Waals surface area (Å²) in [6.45, 7) is 4.32. The van der Waals surface area contributed by atoms with Crippen molar-refractivity contribution < 1.29 is 4.79 Å². The third kappa shape index (κ3) is 2.86. The molecule has 1 saturated heterocycles. The molecule has 108 valence electrons. The van der Waals surface area contributed by atoms with E-state index in [1.807, 2.05) is 6.07 Å². The van der Waals surface area contributed by atoms with E-state index in [0.29, 0.717) is 12.5 Å². The van der Waals surface area contributed by atoms with Crippen LogP contribution in [0.3, 0.4) is 0 Å². The number of likely N-dealkylation sites (tertiary alicyclic amines) is 1. The van der Waals surface area contributed by atoms with Crippen molar-refractivity contribution in [2.45, 2.75) is 32.2 Å². The van der Waals surface area contributed by atoms with Gasteiger partial charge in [0.05, 0.1) is 6.54 Å². The Morgan fingerprint density at radius 2 is 2.15 bits per heavy atom. The van der Waals surface area contributed by atoms with Gasteiger partial charge in [-0.1, -0.05) is 13.0 Å². The first kappa shape index (κ1) is 13.6. The Labute approximate surface area is 120 Å². The van der Waals surface area contributed by atoms with Gasteiger partial charge in [0.1, 0.15) is 0 Å². The second-order valence-corrected chi connectivity index (χ2v) is 6.22. The number of nitrogens with two attached hydrogens (primary N) is 1. The predicted molar refractivity (Wildman–Crippen MR) is 80.7 cm³/mol. The highest BCUT2D eigenvalue weighted by atomic mass is 16.2. The normalized spacial score (nSPS) is 25.7. The number of fused-ring (bicyclic) bond motifs is 1. The Balaban J connectivity index is 1.57.